The van der Waals surface area contributed by atoms with E-state index in [1.807, 2.05) is 0 Å². The van der Waals surface area contributed by atoms with Crippen LogP contribution in [-0.4, -0.2) is 11.5 Å². The van der Waals surface area contributed by atoms with Crippen molar-refractivity contribution >= 4 is 39.2 Å². The van der Waals surface area contributed by atoms with Gasteiger partial charge < -0.3 is 5.32 Å². The monoisotopic (exact) mass is 352 g/mol. The zero-order valence-electron chi connectivity index (χ0n) is 10.6. The molecule has 1 aromatic carbocycles. The molecule has 2 nitrogen and oxygen atoms in total. The van der Waals surface area contributed by atoms with Gasteiger partial charge in [0, 0.05) is 26.9 Å². The lowest BCUT2D eigenvalue weighted by Crippen LogP contribution is -2.11. The maximum atomic E-state index is 4.87. The number of anilines is 1. The molecule has 3 heteroatoms. The fraction of sp³-hybridized carbons (Fsp3) is 0.400. The van der Waals surface area contributed by atoms with Crippen LogP contribution in [0.4, 0.5) is 5.69 Å². The Morgan fingerprint density at radius 2 is 2.11 bits per heavy atom. The molecule has 94 valence electrons. The summed E-state index contributed by atoms with van der Waals surface area (Å²) in [5, 5.41) is 4.83. The van der Waals surface area contributed by atoms with Crippen LogP contribution in [0.1, 0.15) is 31.0 Å². The third-order valence-corrected chi connectivity index (χ3v) is 4.25. The number of halogens is 1. The van der Waals surface area contributed by atoms with E-state index in [-0.39, 0.29) is 0 Å². The second-order valence-corrected chi connectivity index (χ2v) is 6.06. The molecule has 0 radical (unpaired) electrons. The van der Waals surface area contributed by atoms with Gasteiger partial charge in [0.15, 0.2) is 0 Å². The summed E-state index contributed by atoms with van der Waals surface area (Å²) in [7, 11) is 0. The molecule has 0 bridgehead atoms. The van der Waals surface area contributed by atoms with Crippen LogP contribution in [0.5, 0.6) is 0 Å². The van der Waals surface area contributed by atoms with Crippen molar-refractivity contribution in [3.8, 4) is 0 Å². The van der Waals surface area contributed by atoms with Crippen molar-refractivity contribution in [2.45, 2.75) is 32.6 Å². The Balaban J connectivity index is 2.29. The number of aryl methyl sites for hydroxylation is 1. The van der Waals surface area contributed by atoms with Gasteiger partial charge in [-0.3, -0.25) is 4.98 Å². The molecule has 0 saturated carbocycles. The zero-order valence-corrected chi connectivity index (χ0v) is 12.8. The van der Waals surface area contributed by atoms with Crippen LogP contribution in [0.15, 0.2) is 18.2 Å². The lowest BCUT2D eigenvalue weighted by Gasteiger charge is -2.21. The van der Waals surface area contributed by atoms with Crippen molar-refractivity contribution in [3.63, 3.8) is 0 Å². The van der Waals surface area contributed by atoms with Crippen LogP contribution in [0, 0.1) is 3.57 Å². The van der Waals surface area contributed by atoms with E-state index in [1.54, 1.807) is 0 Å². The molecule has 1 N–H and O–H groups in total. The molecule has 3 rings (SSSR count). The molecule has 0 fully saturated rings. The molecular weight excluding hydrogens is 335 g/mol. The second-order valence-electron chi connectivity index (χ2n) is 4.81. The molecule has 1 aliphatic rings. The molecular formula is C15H17IN2. The number of pyridine rings is 1. The maximum Gasteiger partial charge on any atom is 0.0736 e. The minimum absolute atomic E-state index is 0.970. The van der Waals surface area contributed by atoms with Gasteiger partial charge in [-0.15, -0.1) is 0 Å². The van der Waals surface area contributed by atoms with Crippen LogP contribution < -0.4 is 5.32 Å². The van der Waals surface area contributed by atoms with E-state index in [9.17, 15) is 0 Å². The Morgan fingerprint density at radius 1 is 1.28 bits per heavy atom. The standard InChI is InChI=1S/C15H17IN2/c1-2-17-15-11-5-3-4-6-13(11)18-14-9-10(16)7-8-12(14)15/h7-9H,2-6H2,1H3,(H,17,18). The molecule has 18 heavy (non-hydrogen) atoms. The number of fused-ring (bicyclic) bond motifs is 2. The lowest BCUT2D eigenvalue weighted by molar-refractivity contribution is 0.672. The minimum Gasteiger partial charge on any atom is -0.384 e. The Bertz CT molecular complexity index is 593. The molecule has 1 aliphatic carbocycles. The summed E-state index contributed by atoms with van der Waals surface area (Å²) in [4.78, 5) is 4.87. The number of benzene rings is 1. The van der Waals surface area contributed by atoms with Crippen LogP contribution in [0.25, 0.3) is 10.9 Å². The van der Waals surface area contributed by atoms with Crippen LogP contribution >= 0.6 is 22.6 Å². The summed E-state index contributed by atoms with van der Waals surface area (Å²) in [6, 6.07) is 6.56. The normalized spacial score (nSPS) is 14.6. The van der Waals surface area contributed by atoms with E-state index < -0.39 is 0 Å². The van der Waals surface area contributed by atoms with Crippen molar-refractivity contribution < 1.29 is 0 Å². The summed E-state index contributed by atoms with van der Waals surface area (Å²) in [5.74, 6) is 0. The first kappa shape index (κ1) is 12.2. The minimum atomic E-state index is 0.970. The summed E-state index contributed by atoms with van der Waals surface area (Å²) < 4.78 is 1.26. The third-order valence-electron chi connectivity index (χ3n) is 3.58. The fourth-order valence-electron chi connectivity index (χ4n) is 2.78. The van der Waals surface area contributed by atoms with E-state index in [0.29, 0.717) is 0 Å². The van der Waals surface area contributed by atoms with E-state index in [0.717, 1.165) is 18.5 Å². The molecule has 0 atom stereocenters. The van der Waals surface area contributed by atoms with Gasteiger partial charge in [-0.1, -0.05) is 0 Å². The van der Waals surface area contributed by atoms with Crippen molar-refractivity contribution in [2.24, 2.45) is 0 Å². The molecule has 0 aliphatic heterocycles. The first-order chi connectivity index (χ1) is 8.79. The van der Waals surface area contributed by atoms with Gasteiger partial charge in [0.2, 0.25) is 0 Å². The summed E-state index contributed by atoms with van der Waals surface area (Å²) in [6.45, 7) is 3.13. The predicted octanol–water partition coefficient (Wildman–Crippen LogP) is 4.15. The van der Waals surface area contributed by atoms with E-state index >= 15 is 0 Å². The molecule has 0 unspecified atom stereocenters. The van der Waals surface area contributed by atoms with Gasteiger partial charge in [0.05, 0.1) is 5.52 Å². The first-order valence-electron chi connectivity index (χ1n) is 6.64. The summed E-state index contributed by atoms with van der Waals surface area (Å²) >= 11 is 2.36. The molecule has 0 amide bonds. The molecule has 0 spiro atoms. The van der Waals surface area contributed by atoms with Gasteiger partial charge in [0.1, 0.15) is 0 Å². The highest BCUT2D eigenvalue weighted by Crippen LogP contribution is 2.33. The van der Waals surface area contributed by atoms with Gasteiger partial charge in [-0.05, 0) is 79.0 Å². The van der Waals surface area contributed by atoms with Gasteiger partial charge >= 0.3 is 0 Å². The predicted molar refractivity (Wildman–Crippen MR) is 85.3 cm³/mol. The van der Waals surface area contributed by atoms with Crippen LogP contribution in [0.2, 0.25) is 0 Å². The quantitative estimate of drug-likeness (QED) is 0.822. The number of hydrogen-bond acceptors (Lipinski definition) is 2. The average Bonchev–Trinajstić information content (AvgIpc) is 2.38. The number of aromatic nitrogens is 1. The number of nitrogens with one attached hydrogen (secondary N) is 1. The highest BCUT2D eigenvalue weighted by atomic mass is 127. The smallest absolute Gasteiger partial charge is 0.0736 e. The number of nitrogens with zero attached hydrogens (tertiary/aromatic N) is 1. The first-order valence-corrected chi connectivity index (χ1v) is 7.72. The summed E-state index contributed by atoms with van der Waals surface area (Å²) in [5.41, 5.74) is 5.23. The lowest BCUT2D eigenvalue weighted by atomic mass is 9.92. The third kappa shape index (κ3) is 2.09. The van der Waals surface area contributed by atoms with Crippen molar-refractivity contribution in [2.75, 3.05) is 11.9 Å². The van der Waals surface area contributed by atoms with E-state index in [2.05, 4.69) is 53.0 Å². The molecule has 2 aromatic rings. The van der Waals surface area contributed by atoms with Crippen molar-refractivity contribution in [1.82, 2.24) is 4.98 Å². The zero-order chi connectivity index (χ0) is 12.5. The Labute approximate surface area is 121 Å². The highest BCUT2D eigenvalue weighted by Gasteiger charge is 2.17. The van der Waals surface area contributed by atoms with Crippen LogP contribution in [0.3, 0.4) is 0 Å². The van der Waals surface area contributed by atoms with Crippen molar-refractivity contribution in [1.29, 1.82) is 0 Å². The molecule has 1 aromatic heterocycles. The molecule has 1 heterocycles. The van der Waals surface area contributed by atoms with Gasteiger partial charge in [-0.25, -0.2) is 0 Å². The Kier molecular flexibility index (Phi) is 3.41. The largest absolute Gasteiger partial charge is 0.384 e. The SMILES string of the molecule is CCNc1c2c(nc3cc(I)ccc13)CCCC2. The highest BCUT2D eigenvalue weighted by molar-refractivity contribution is 14.1. The Morgan fingerprint density at radius 3 is 2.94 bits per heavy atom. The number of rotatable bonds is 2. The topological polar surface area (TPSA) is 24.9 Å². The number of hydrogen-bond donors (Lipinski definition) is 1. The Hall–Kier alpha value is -0.840. The fourth-order valence-corrected chi connectivity index (χ4v) is 3.25. The van der Waals surface area contributed by atoms with E-state index in [4.69, 9.17) is 4.98 Å². The van der Waals surface area contributed by atoms with Gasteiger partial charge in [0.25, 0.3) is 0 Å². The summed E-state index contributed by atoms with van der Waals surface area (Å²) in [6.07, 6.45) is 4.88. The maximum absolute atomic E-state index is 4.87. The average molecular weight is 352 g/mol. The second kappa shape index (κ2) is 5.03. The van der Waals surface area contributed by atoms with Crippen LogP contribution in [-0.2, 0) is 12.8 Å². The molecule has 0 saturated heterocycles. The van der Waals surface area contributed by atoms with Crippen molar-refractivity contribution in [3.05, 3.63) is 33.0 Å². The van der Waals surface area contributed by atoms with Gasteiger partial charge in [-0.2, -0.15) is 0 Å². The van der Waals surface area contributed by atoms with E-state index in [1.165, 1.54) is 45.2 Å².